The highest BCUT2D eigenvalue weighted by Crippen LogP contribution is 2.27. The molecule has 0 radical (unpaired) electrons. The van der Waals surface area contributed by atoms with Gasteiger partial charge in [0, 0.05) is 10.9 Å². The van der Waals surface area contributed by atoms with E-state index in [1.54, 1.807) is 11.3 Å². The molecular formula is C13H17ClN4OS. The Balaban J connectivity index is 0.00000147. The molecule has 1 saturated heterocycles. The number of carbonyl (C=O) groups is 1. The summed E-state index contributed by atoms with van der Waals surface area (Å²) in [4.78, 5) is 14.3. The summed E-state index contributed by atoms with van der Waals surface area (Å²) in [5, 5.41) is 13.1. The molecule has 5 nitrogen and oxygen atoms in total. The number of aryl methyl sites for hydroxylation is 1. The normalized spacial score (nSPS) is 17.8. The number of aromatic nitrogens is 2. The Bertz CT molecular complexity index is 589. The number of hydrogen-bond acceptors (Lipinski definition) is 4. The highest BCUT2D eigenvalue weighted by molar-refractivity contribution is 7.15. The molecule has 0 aliphatic carbocycles. The molecule has 2 aromatic rings. The third-order valence-corrected chi connectivity index (χ3v) is 4.25. The maximum absolute atomic E-state index is 11.9. The number of nitrogens with one attached hydrogen (secondary N) is 3. The van der Waals surface area contributed by atoms with E-state index >= 15 is 0 Å². The van der Waals surface area contributed by atoms with E-state index in [0.717, 1.165) is 30.0 Å². The van der Waals surface area contributed by atoms with Gasteiger partial charge in [0.2, 0.25) is 5.91 Å². The number of anilines is 1. The van der Waals surface area contributed by atoms with Crippen molar-refractivity contribution in [1.29, 1.82) is 0 Å². The van der Waals surface area contributed by atoms with Gasteiger partial charge in [-0.25, -0.2) is 0 Å². The van der Waals surface area contributed by atoms with Gasteiger partial charge in [-0.3, -0.25) is 9.89 Å². The van der Waals surface area contributed by atoms with Crippen LogP contribution < -0.4 is 10.6 Å². The number of halogens is 1. The van der Waals surface area contributed by atoms with Crippen LogP contribution in [0.1, 0.15) is 17.7 Å². The average Bonchev–Trinajstić information content (AvgIpc) is 3.07. The lowest BCUT2D eigenvalue weighted by Gasteiger charge is -2.08. The lowest BCUT2D eigenvalue weighted by molar-refractivity contribution is -0.117. The molecule has 1 aliphatic heterocycles. The smallest absolute Gasteiger partial charge is 0.242 e. The Morgan fingerprint density at radius 3 is 3.00 bits per heavy atom. The van der Waals surface area contributed by atoms with Crippen LogP contribution in [0.3, 0.4) is 0 Å². The summed E-state index contributed by atoms with van der Waals surface area (Å²) < 4.78 is 0. The monoisotopic (exact) mass is 312 g/mol. The van der Waals surface area contributed by atoms with Gasteiger partial charge in [0.25, 0.3) is 0 Å². The fraction of sp³-hybridized carbons (Fsp3) is 0.385. The SMILES string of the molecule is Cc1ccc(-c2cc(NC(=O)C3CCCN3)n[nH]2)s1.Cl. The molecule has 0 saturated carbocycles. The number of aromatic amines is 1. The van der Waals surface area contributed by atoms with Crippen LogP contribution in [-0.4, -0.2) is 28.7 Å². The molecule has 7 heteroatoms. The predicted octanol–water partition coefficient (Wildman–Crippen LogP) is 2.56. The number of amides is 1. The summed E-state index contributed by atoms with van der Waals surface area (Å²) in [6.45, 7) is 2.98. The molecule has 20 heavy (non-hydrogen) atoms. The Morgan fingerprint density at radius 1 is 1.50 bits per heavy atom. The van der Waals surface area contributed by atoms with Gasteiger partial charge >= 0.3 is 0 Å². The summed E-state index contributed by atoms with van der Waals surface area (Å²) in [6, 6.07) is 5.92. The second-order valence-electron chi connectivity index (χ2n) is 4.72. The summed E-state index contributed by atoms with van der Waals surface area (Å²) in [6.07, 6.45) is 1.95. The van der Waals surface area contributed by atoms with E-state index in [2.05, 4.69) is 39.9 Å². The lowest BCUT2D eigenvalue weighted by atomic mass is 10.2. The van der Waals surface area contributed by atoms with Gasteiger partial charge in [-0.05, 0) is 38.4 Å². The molecule has 0 bridgehead atoms. The second kappa shape index (κ2) is 6.39. The first-order chi connectivity index (χ1) is 9.22. The molecule has 108 valence electrons. The molecule has 1 atom stereocenters. The van der Waals surface area contributed by atoms with Gasteiger partial charge in [-0.2, -0.15) is 5.10 Å². The molecule has 3 rings (SSSR count). The molecule has 2 aromatic heterocycles. The molecule has 1 aliphatic rings. The largest absolute Gasteiger partial charge is 0.308 e. The van der Waals surface area contributed by atoms with Gasteiger partial charge in [-0.1, -0.05) is 0 Å². The van der Waals surface area contributed by atoms with Crippen molar-refractivity contribution in [2.24, 2.45) is 0 Å². The molecule has 1 amide bonds. The topological polar surface area (TPSA) is 69.8 Å². The minimum absolute atomic E-state index is 0. The van der Waals surface area contributed by atoms with E-state index in [9.17, 15) is 4.79 Å². The molecule has 3 heterocycles. The molecule has 0 aromatic carbocycles. The number of H-pyrrole nitrogens is 1. The van der Waals surface area contributed by atoms with E-state index < -0.39 is 0 Å². The zero-order valence-corrected chi connectivity index (χ0v) is 12.7. The molecule has 1 fully saturated rings. The van der Waals surface area contributed by atoms with Crippen molar-refractivity contribution in [2.75, 3.05) is 11.9 Å². The number of hydrogen-bond donors (Lipinski definition) is 3. The molecule has 3 N–H and O–H groups in total. The maximum atomic E-state index is 11.9. The van der Waals surface area contributed by atoms with Crippen LogP contribution in [-0.2, 0) is 4.79 Å². The third-order valence-electron chi connectivity index (χ3n) is 3.21. The van der Waals surface area contributed by atoms with Crippen molar-refractivity contribution < 1.29 is 4.79 Å². The Morgan fingerprint density at radius 2 is 2.35 bits per heavy atom. The van der Waals surface area contributed by atoms with E-state index in [-0.39, 0.29) is 24.4 Å². The van der Waals surface area contributed by atoms with Crippen LogP contribution in [0.15, 0.2) is 18.2 Å². The summed E-state index contributed by atoms with van der Waals surface area (Å²) >= 11 is 1.70. The van der Waals surface area contributed by atoms with Gasteiger partial charge in [0.1, 0.15) is 0 Å². The Labute approximate surface area is 127 Å². The van der Waals surface area contributed by atoms with Gasteiger partial charge < -0.3 is 10.6 Å². The number of carbonyl (C=O) groups excluding carboxylic acids is 1. The van der Waals surface area contributed by atoms with Crippen molar-refractivity contribution in [3.8, 4) is 10.6 Å². The zero-order chi connectivity index (χ0) is 13.2. The van der Waals surface area contributed by atoms with E-state index in [4.69, 9.17) is 0 Å². The second-order valence-corrected chi connectivity index (χ2v) is 6.00. The minimum atomic E-state index is -0.0795. The van der Waals surface area contributed by atoms with Gasteiger partial charge in [0.05, 0.1) is 16.6 Å². The highest BCUT2D eigenvalue weighted by atomic mass is 35.5. The number of rotatable bonds is 3. The first kappa shape index (κ1) is 15.0. The standard InChI is InChI=1S/C13H16N4OS.ClH/c1-8-4-5-11(19-8)10-7-12(17-16-10)15-13(18)9-3-2-6-14-9;/h4-5,7,9,14H,2-3,6H2,1H3,(H2,15,16,17,18);1H. The van der Waals surface area contributed by atoms with E-state index in [1.165, 1.54) is 4.88 Å². The highest BCUT2D eigenvalue weighted by Gasteiger charge is 2.22. The maximum Gasteiger partial charge on any atom is 0.242 e. The van der Waals surface area contributed by atoms with Gasteiger partial charge in [-0.15, -0.1) is 23.7 Å². The predicted molar refractivity (Wildman–Crippen MR) is 83.5 cm³/mol. The zero-order valence-electron chi connectivity index (χ0n) is 11.1. The molecule has 1 unspecified atom stereocenters. The summed E-state index contributed by atoms with van der Waals surface area (Å²) in [5.41, 5.74) is 0.938. The minimum Gasteiger partial charge on any atom is -0.308 e. The summed E-state index contributed by atoms with van der Waals surface area (Å²) in [5.74, 6) is 0.581. The van der Waals surface area contributed by atoms with Crippen molar-refractivity contribution >= 4 is 35.5 Å². The van der Waals surface area contributed by atoms with Crippen molar-refractivity contribution in [3.05, 3.63) is 23.1 Å². The van der Waals surface area contributed by atoms with Gasteiger partial charge in [0.15, 0.2) is 5.82 Å². The van der Waals surface area contributed by atoms with Crippen molar-refractivity contribution in [1.82, 2.24) is 15.5 Å². The van der Waals surface area contributed by atoms with Crippen LogP contribution >= 0.6 is 23.7 Å². The fourth-order valence-electron chi connectivity index (χ4n) is 2.21. The lowest BCUT2D eigenvalue weighted by Crippen LogP contribution is -2.35. The van der Waals surface area contributed by atoms with E-state index in [1.807, 2.05) is 6.07 Å². The van der Waals surface area contributed by atoms with E-state index in [0.29, 0.717) is 5.82 Å². The van der Waals surface area contributed by atoms with Crippen LogP contribution in [0.5, 0.6) is 0 Å². The molecular weight excluding hydrogens is 296 g/mol. The van der Waals surface area contributed by atoms with Crippen molar-refractivity contribution in [2.45, 2.75) is 25.8 Å². The van der Waals surface area contributed by atoms with Crippen LogP contribution in [0, 0.1) is 6.92 Å². The number of nitrogens with zero attached hydrogens (tertiary/aromatic N) is 1. The quantitative estimate of drug-likeness (QED) is 0.816. The summed E-state index contributed by atoms with van der Waals surface area (Å²) in [7, 11) is 0. The fourth-order valence-corrected chi connectivity index (χ4v) is 3.05. The first-order valence-electron chi connectivity index (χ1n) is 6.39. The Kier molecular flexibility index (Phi) is 4.80. The Hall–Kier alpha value is -1.37. The molecule has 0 spiro atoms. The first-order valence-corrected chi connectivity index (χ1v) is 7.20. The third kappa shape index (κ3) is 3.20. The number of thiophene rings is 1. The van der Waals surface area contributed by atoms with Crippen LogP contribution in [0.25, 0.3) is 10.6 Å². The van der Waals surface area contributed by atoms with Crippen LogP contribution in [0.2, 0.25) is 0 Å². The average molecular weight is 313 g/mol. The van der Waals surface area contributed by atoms with Crippen molar-refractivity contribution in [3.63, 3.8) is 0 Å². The van der Waals surface area contributed by atoms with Crippen LogP contribution in [0.4, 0.5) is 5.82 Å².